The highest BCUT2D eigenvalue weighted by atomic mass is 32.2. The largest absolute Gasteiger partial charge is 0.359 e. The topological polar surface area (TPSA) is 69.7 Å². The van der Waals surface area contributed by atoms with Crippen molar-refractivity contribution >= 4 is 27.3 Å². The van der Waals surface area contributed by atoms with Gasteiger partial charge in [-0.1, -0.05) is 24.3 Å². The van der Waals surface area contributed by atoms with Crippen molar-refractivity contribution in [2.45, 2.75) is 24.3 Å². The van der Waals surface area contributed by atoms with Gasteiger partial charge in [-0.15, -0.1) is 0 Å². The van der Waals surface area contributed by atoms with Gasteiger partial charge in [-0.25, -0.2) is 12.7 Å². The highest BCUT2D eigenvalue weighted by Crippen LogP contribution is 2.29. The van der Waals surface area contributed by atoms with E-state index in [9.17, 15) is 13.2 Å². The van der Waals surface area contributed by atoms with Gasteiger partial charge in [0, 0.05) is 32.0 Å². The third-order valence-electron chi connectivity index (χ3n) is 4.65. The van der Waals surface area contributed by atoms with Crippen molar-refractivity contribution in [3.05, 3.63) is 54.1 Å². The fourth-order valence-electron chi connectivity index (χ4n) is 3.10. The molecule has 2 aromatic carbocycles. The maximum atomic E-state index is 12.7. The van der Waals surface area contributed by atoms with Crippen molar-refractivity contribution in [2.75, 3.05) is 30.9 Å². The first kappa shape index (κ1) is 18.4. The number of amides is 1. The molecule has 0 aromatic heterocycles. The second-order valence-electron chi connectivity index (χ2n) is 6.55. The number of nitrogens with one attached hydrogen (secondary N) is 1. The van der Waals surface area contributed by atoms with E-state index in [1.165, 1.54) is 31.8 Å². The number of hydrogen-bond donors (Lipinski definition) is 1. The normalized spacial score (nSPS) is 15.0. The lowest BCUT2D eigenvalue weighted by molar-refractivity contribution is -0.117. The van der Waals surface area contributed by atoms with Crippen LogP contribution in [-0.4, -0.2) is 45.3 Å². The van der Waals surface area contributed by atoms with Gasteiger partial charge in [-0.05, 0) is 43.2 Å². The molecule has 1 aliphatic rings. The minimum atomic E-state index is -3.54. The molecule has 0 bridgehead atoms. The molecule has 0 fully saturated rings. The Morgan fingerprint density at radius 3 is 2.62 bits per heavy atom. The molecule has 1 amide bonds. The van der Waals surface area contributed by atoms with E-state index in [-0.39, 0.29) is 16.8 Å². The summed E-state index contributed by atoms with van der Waals surface area (Å²) in [5, 5.41) is 2.84. The molecule has 1 atom stereocenters. The van der Waals surface area contributed by atoms with Gasteiger partial charge in [-0.2, -0.15) is 0 Å². The van der Waals surface area contributed by atoms with E-state index in [0.717, 1.165) is 23.0 Å². The quantitative estimate of drug-likeness (QED) is 0.873. The summed E-state index contributed by atoms with van der Waals surface area (Å²) in [7, 11) is -0.580. The first-order chi connectivity index (χ1) is 12.3. The third kappa shape index (κ3) is 3.45. The minimum Gasteiger partial charge on any atom is -0.359 e. The number of hydrogen-bond acceptors (Lipinski definition) is 4. The molecule has 1 N–H and O–H groups in total. The molecule has 0 unspecified atom stereocenters. The van der Waals surface area contributed by atoms with Crippen LogP contribution in [0.15, 0.2) is 53.4 Å². The van der Waals surface area contributed by atoms with Crippen molar-refractivity contribution in [1.29, 1.82) is 0 Å². The molecular weight excluding hydrogens is 350 g/mol. The van der Waals surface area contributed by atoms with Crippen LogP contribution in [0.5, 0.6) is 0 Å². The van der Waals surface area contributed by atoms with Crippen molar-refractivity contribution in [2.24, 2.45) is 0 Å². The van der Waals surface area contributed by atoms with Crippen molar-refractivity contribution in [1.82, 2.24) is 4.31 Å². The highest BCUT2D eigenvalue weighted by molar-refractivity contribution is 7.89. The second kappa shape index (κ2) is 7.09. The molecular formula is C19H23N3O3S. The summed E-state index contributed by atoms with van der Waals surface area (Å²) in [5.41, 5.74) is 2.79. The van der Waals surface area contributed by atoms with E-state index in [1.54, 1.807) is 12.1 Å². The molecule has 6 nitrogen and oxygen atoms in total. The van der Waals surface area contributed by atoms with E-state index in [2.05, 4.69) is 16.3 Å². The van der Waals surface area contributed by atoms with Crippen LogP contribution < -0.4 is 10.2 Å². The van der Waals surface area contributed by atoms with E-state index in [1.807, 2.05) is 25.1 Å². The Morgan fingerprint density at radius 2 is 1.88 bits per heavy atom. The van der Waals surface area contributed by atoms with Crippen molar-refractivity contribution in [3.63, 3.8) is 0 Å². The number of para-hydroxylation sites is 1. The number of rotatable bonds is 5. The lowest BCUT2D eigenvalue weighted by Gasteiger charge is -2.26. The molecule has 0 spiro atoms. The number of carbonyl (C=O) groups is 1. The fraction of sp³-hybridized carbons (Fsp3) is 0.316. The third-order valence-corrected chi connectivity index (χ3v) is 6.46. The molecule has 0 aliphatic carbocycles. The molecule has 3 rings (SSSR count). The molecule has 1 heterocycles. The zero-order valence-corrected chi connectivity index (χ0v) is 16.0. The van der Waals surface area contributed by atoms with Crippen LogP contribution in [0.1, 0.15) is 12.5 Å². The smallest absolute Gasteiger partial charge is 0.246 e. The maximum absolute atomic E-state index is 12.7. The van der Waals surface area contributed by atoms with Crippen LogP contribution in [-0.2, 0) is 21.2 Å². The second-order valence-corrected chi connectivity index (χ2v) is 8.70. The molecule has 0 saturated heterocycles. The van der Waals surface area contributed by atoms with Crippen LogP contribution in [0.3, 0.4) is 0 Å². The Kier molecular flexibility index (Phi) is 5.02. The summed E-state index contributed by atoms with van der Waals surface area (Å²) in [6.07, 6.45) is 0.921. The summed E-state index contributed by atoms with van der Waals surface area (Å²) in [4.78, 5) is 14.9. The summed E-state index contributed by atoms with van der Waals surface area (Å²) in [5.74, 6) is -0.166. The predicted octanol–water partition coefficient (Wildman–Crippen LogP) is 2.33. The lowest BCUT2D eigenvalue weighted by atomic mass is 10.1. The van der Waals surface area contributed by atoms with Gasteiger partial charge in [0.15, 0.2) is 0 Å². The number of sulfonamides is 1. The molecule has 138 valence electrons. The molecule has 1 aliphatic heterocycles. The van der Waals surface area contributed by atoms with Crippen molar-refractivity contribution < 1.29 is 13.2 Å². The monoisotopic (exact) mass is 373 g/mol. The number of benzene rings is 2. The summed E-state index contributed by atoms with van der Waals surface area (Å²) in [6, 6.07) is 14.0. The molecule has 0 radical (unpaired) electrons. The predicted molar refractivity (Wildman–Crippen MR) is 103 cm³/mol. The van der Waals surface area contributed by atoms with E-state index >= 15 is 0 Å². The highest BCUT2D eigenvalue weighted by Gasteiger charge is 2.27. The molecule has 7 heteroatoms. The van der Waals surface area contributed by atoms with E-state index in [0.29, 0.717) is 5.69 Å². The van der Waals surface area contributed by atoms with Gasteiger partial charge in [0.2, 0.25) is 15.9 Å². The Bertz CT molecular complexity index is 925. The molecule has 26 heavy (non-hydrogen) atoms. The van der Waals surface area contributed by atoms with Crippen molar-refractivity contribution in [3.8, 4) is 0 Å². The summed E-state index contributed by atoms with van der Waals surface area (Å²) >= 11 is 0. The SMILES string of the molecule is C[C@@H](C(=O)Nc1cccc(S(=O)(=O)N(C)C)c1)N1CCc2ccccc21. The maximum Gasteiger partial charge on any atom is 0.246 e. The zero-order chi connectivity index (χ0) is 18.9. The van der Waals surface area contributed by atoms with Crippen LogP contribution in [0.4, 0.5) is 11.4 Å². The number of anilines is 2. The first-order valence-corrected chi connectivity index (χ1v) is 9.92. The Morgan fingerprint density at radius 1 is 1.15 bits per heavy atom. The summed E-state index contributed by atoms with van der Waals surface area (Å²) in [6.45, 7) is 2.65. The van der Waals surface area contributed by atoms with E-state index < -0.39 is 10.0 Å². The summed E-state index contributed by atoms with van der Waals surface area (Å²) < 4.78 is 25.7. The van der Waals surface area contributed by atoms with E-state index in [4.69, 9.17) is 0 Å². The molecule has 0 saturated carbocycles. The Balaban J connectivity index is 1.77. The fourth-order valence-corrected chi connectivity index (χ4v) is 4.05. The minimum absolute atomic E-state index is 0.152. The number of carbonyl (C=O) groups excluding carboxylic acids is 1. The van der Waals surface area contributed by atoms with Gasteiger partial charge in [0.25, 0.3) is 0 Å². The Hall–Kier alpha value is -2.38. The standard InChI is InChI=1S/C19H23N3O3S/c1-14(22-12-11-15-7-4-5-10-18(15)22)19(23)20-16-8-6-9-17(13-16)26(24,25)21(2)3/h4-10,13-14H,11-12H2,1-3H3,(H,20,23)/t14-/m0/s1. The number of nitrogens with zero attached hydrogens (tertiary/aromatic N) is 2. The van der Waals surface area contributed by atoms with Gasteiger partial charge in [-0.3, -0.25) is 4.79 Å². The lowest BCUT2D eigenvalue weighted by Crippen LogP contribution is -2.41. The van der Waals surface area contributed by atoms with Gasteiger partial charge < -0.3 is 10.2 Å². The van der Waals surface area contributed by atoms with Crippen LogP contribution in [0.25, 0.3) is 0 Å². The van der Waals surface area contributed by atoms with Crippen LogP contribution >= 0.6 is 0 Å². The van der Waals surface area contributed by atoms with Crippen LogP contribution in [0, 0.1) is 0 Å². The number of fused-ring (bicyclic) bond motifs is 1. The average Bonchev–Trinajstić information content (AvgIpc) is 3.05. The first-order valence-electron chi connectivity index (χ1n) is 8.48. The average molecular weight is 373 g/mol. The molecule has 2 aromatic rings. The van der Waals surface area contributed by atoms with Gasteiger partial charge in [0.05, 0.1) is 4.90 Å². The van der Waals surface area contributed by atoms with Crippen LogP contribution in [0.2, 0.25) is 0 Å². The van der Waals surface area contributed by atoms with Gasteiger partial charge in [0.1, 0.15) is 6.04 Å². The van der Waals surface area contributed by atoms with Gasteiger partial charge >= 0.3 is 0 Å². The zero-order valence-electron chi connectivity index (χ0n) is 15.1. The Labute approximate surface area is 154 Å².